The topological polar surface area (TPSA) is 135 Å². The summed E-state index contributed by atoms with van der Waals surface area (Å²) in [4.78, 5) is 33.4. The lowest BCUT2D eigenvalue weighted by molar-refractivity contribution is -0.385. The number of carboxylic acid groups (broad SMARTS) is 1. The van der Waals surface area contributed by atoms with Crippen molar-refractivity contribution >= 4 is 34.9 Å². The van der Waals surface area contributed by atoms with Crippen molar-refractivity contribution in [3.63, 3.8) is 0 Å². The van der Waals surface area contributed by atoms with Gasteiger partial charge in [0.2, 0.25) is 5.91 Å². The summed E-state index contributed by atoms with van der Waals surface area (Å²) in [5.74, 6) is -4.86. The third-order valence-corrected chi connectivity index (χ3v) is 3.87. The summed E-state index contributed by atoms with van der Waals surface area (Å²) in [5, 5.41) is 36.1. The van der Waals surface area contributed by atoms with Gasteiger partial charge in [-0.05, 0) is 12.8 Å². The van der Waals surface area contributed by atoms with Crippen LogP contribution in [0, 0.1) is 22.0 Å². The Bertz CT molecular complexity index is 703. The molecule has 0 saturated carbocycles. The van der Waals surface area contributed by atoms with Gasteiger partial charge in [-0.2, -0.15) is 0 Å². The number of amides is 1. The number of hydrogen-bond acceptors (Lipinski definition) is 6. The van der Waals surface area contributed by atoms with Gasteiger partial charge in [0.05, 0.1) is 10.8 Å². The predicted octanol–water partition coefficient (Wildman–Crippen LogP) is 0.506. The number of nitro benzene ring substituents is 1. The van der Waals surface area contributed by atoms with Crippen molar-refractivity contribution in [2.45, 2.75) is 12.8 Å². The molecule has 0 heterocycles. The van der Waals surface area contributed by atoms with E-state index in [9.17, 15) is 29.9 Å². The maximum atomic E-state index is 12.3. The van der Waals surface area contributed by atoms with Crippen LogP contribution in [0.2, 0.25) is 0 Å². The maximum absolute atomic E-state index is 12.3. The van der Waals surface area contributed by atoms with E-state index >= 15 is 0 Å². The minimum Gasteiger partial charge on any atom is -0.871 e. The van der Waals surface area contributed by atoms with E-state index < -0.39 is 34.4 Å². The van der Waals surface area contributed by atoms with Crippen molar-refractivity contribution in [1.29, 1.82) is 0 Å². The van der Waals surface area contributed by atoms with Gasteiger partial charge < -0.3 is 20.3 Å². The molecular weight excluding hydrogens is 328 g/mol. The van der Waals surface area contributed by atoms with Crippen molar-refractivity contribution in [3.8, 4) is 5.75 Å². The fraction of sp³-hybridized carbons (Fsp3) is 0.286. The van der Waals surface area contributed by atoms with Crippen molar-refractivity contribution in [1.82, 2.24) is 0 Å². The second-order valence-corrected chi connectivity index (χ2v) is 5.54. The highest BCUT2D eigenvalue weighted by Gasteiger charge is 2.32. The number of aliphatic carboxylic acids is 1. The predicted molar refractivity (Wildman–Crippen MR) is 76.3 cm³/mol. The summed E-state index contributed by atoms with van der Waals surface area (Å²) in [6, 6.07) is 2.90. The van der Waals surface area contributed by atoms with Crippen LogP contribution in [-0.2, 0) is 9.59 Å². The zero-order valence-electron chi connectivity index (χ0n) is 11.7. The quantitative estimate of drug-likeness (QED) is 0.627. The van der Waals surface area contributed by atoms with E-state index in [4.69, 9.17) is 11.6 Å². The van der Waals surface area contributed by atoms with E-state index in [2.05, 4.69) is 5.32 Å². The molecule has 0 unspecified atom stereocenters. The molecule has 0 spiro atoms. The summed E-state index contributed by atoms with van der Waals surface area (Å²) in [5.41, 5.74) is -0.648. The van der Waals surface area contributed by atoms with Crippen molar-refractivity contribution in [2.75, 3.05) is 5.32 Å². The third-order valence-electron chi connectivity index (χ3n) is 3.57. The summed E-state index contributed by atoms with van der Waals surface area (Å²) >= 11 is 5.84. The third kappa shape index (κ3) is 3.78. The molecule has 23 heavy (non-hydrogen) atoms. The molecule has 2 rings (SSSR count). The normalized spacial score (nSPS) is 20.5. The Morgan fingerprint density at radius 1 is 1.30 bits per heavy atom. The van der Waals surface area contributed by atoms with Gasteiger partial charge in [0, 0.05) is 34.7 Å². The molecule has 1 amide bonds. The van der Waals surface area contributed by atoms with Crippen molar-refractivity contribution in [3.05, 3.63) is 39.4 Å². The first-order valence-electron chi connectivity index (χ1n) is 6.61. The number of benzene rings is 1. The molecule has 1 aromatic rings. The molecular formula is C14H11ClN2O6-2. The Kier molecular flexibility index (Phi) is 4.85. The smallest absolute Gasteiger partial charge is 0.271 e. The Balaban J connectivity index is 2.24. The molecule has 0 saturated heterocycles. The SMILES string of the molecule is O=C([O-])[C@@H]1CC=C(Cl)C[C@H]1C(=O)Nc1cc([N+](=O)[O-])ccc1[O-]. The van der Waals surface area contributed by atoms with Crippen LogP contribution in [0.15, 0.2) is 29.3 Å². The zero-order valence-corrected chi connectivity index (χ0v) is 12.4. The molecule has 0 radical (unpaired) electrons. The molecule has 9 heteroatoms. The molecule has 2 atom stereocenters. The molecule has 1 aliphatic carbocycles. The number of carboxylic acids is 1. The molecule has 122 valence electrons. The highest BCUT2D eigenvalue weighted by atomic mass is 35.5. The van der Waals surface area contributed by atoms with Gasteiger partial charge in [-0.3, -0.25) is 14.9 Å². The molecule has 0 fully saturated rings. The van der Waals surface area contributed by atoms with Crippen LogP contribution in [0.5, 0.6) is 5.75 Å². The first-order valence-corrected chi connectivity index (χ1v) is 6.99. The van der Waals surface area contributed by atoms with Gasteiger partial charge >= 0.3 is 0 Å². The monoisotopic (exact) mass is 338 g/mol. The fourth-order valence-corrected chi connectivity index (χ4v) is 2.60. The molecule has 1 aromatic carbocycles. The van der Waals surface area contributed by atoms with Gasteiger partial charge in [-0.15, -0.1) is 0 Å². The Morgan fingerprint density at radius 2 is 2.00 bits per heavy atom. The molecule has 0 aromatic heterocycles. The van der Waals surface area contributed by atoms with E-state index in [1.807, 2.05) is 0 Å². The number of rotatable bonds is 4. The number of carbonyl (C=O) groups excluding carboxylic acids is 2. The molecule has 1 aliphatic rings. The van der Waals surface area contributed by atoms with E-state index in [1.165, 1.54) is 6.08 Å². The number of non-ortho nitro benzene ring substituents is 1. The van der Waals surface area contributed by atoms with Crippen LogP contribution < -0.4 is 15.5 Å². The van der Waals surface area contributed by atoms with Gasteiger partial charge in [0.1, 0.15) is 0 Å². The first kappa shape index (κ1) is 16.8. The summed E-state index contributed by atoms with van der Waals surface area (Å²) < 4.78 is 0. The second kappa shape index (κ2) is 6.66. The number of nitrogens with one attached hydrogen (secondary N) is 1. The number of allylic oxidation sites excluding steroid dienone is 2. The number of hydrogen-bond donors (Lipinski definition) is 1. The number of halogens is 1. The van der Waals surface area contributed by atoms with Crippen LogP contribution in [0.3, 0.4) is 0 Å². The highest BCUT2D eigenvalue weighted by Crippen LogP contribution is 2.33. The van der Waals surface area contributed by atoms with Crippen LogP contribution in [0.1, 0.15) is 12.8 Å². The average molecular weight is 339 g/mol. The molecule has 1 N–H and O–H groups in total. The highest BCUT2D eigenvalue weighted by molar-refractivity contribution is 6.29. The van der Waals surface area contributed by atoms with Gasteiger partial charge in [-0.25, -0.2) is 0 Å². The summed E-state index contributed by atoms with van der Waals surface area (Å²) in [6.07, 6.45) is 1.53. The van der Waals surface area contributed by atoms with Crippen LogP contribution in [0.25, 0.3) is 0 Å². The van der Waals surface area contributed by atoms with E-state index in [-0.39, 0.29) is 24.2 Å². The Morgan fingerprint density at radius 3 is 2.61 bits per heavy atom. The van der Waals surface area contributed by atoms with Gasteiger partial charge in [0.25, 0.3) is 5.69 Å². The average Bonchev–Trinajstić information content (AvgIpc) is 2.48. The minimum atomic E-state index is -1.40. The zero-order chi connectivity index (χ0) is 17.1. The van der Waals surface area contributed by atoms with Crippen LogP contribution in [0.4, 0.5) is 11.4 Å². The first-order chi connectivity index (χ1) is 10.8. The lowest BCUT2D eigenvalue weighted by Crippen LogP contribution is -2.42. The lowest BCUT2D eigenvalue weighted by Gasteiger charge is -2.30. The van der Waals surface area contributed by atoms with Crippen LogP contribution in [-0.4, -0.2) is 16.8 Å². The lowest BCUT2D eigenvalue weighted by atomic mass is 9.82. The Labute approximate surface area is 135 Å². The van der Waals surface area contributed by atoms with Crippen molar-refractivity contribution < 1.29 is 24.7 Å². The maximum Gasteiger partial charge on any atom is 0.271 e. The van der Waals surface area contributed by atoms with E-state index in [0.717, 1.165) is 18.2 Å². The van der Waals surface area contributed by atoms with Crippen molar-refractivity contribution in [2.24, 2.45) is 11.8 Å². The molecule has 8 nitrogen and oxygen atoms in total. The summed E-state index contributed by atoms with van der Waals surface area (Å²) in [6.45, 7) is 0. The molecule has 0 bridgehead atoms. The van der Waals surface area contributed by atoms with Gasteiger partial charge in [-0.1, -0.05) is 29.5 Å². The van der Waals surface area contributed by atoms with E-state index in [0.29, 0.717) is 5.03 Å². The minimum absolute atomic E-state index is 0.00481. The van der Waals surface area contributed by atoms with Crippen LogP contribution >= 0.6 is 11.6 Å². The number of anilines is 1. The standard InChI is InChI=1S/C14H13ClN2O6/c15-7-1-3-9(14(20)21)10(5-7)13(19)16-11-6-8(17(22)23)2-4-12(11)18/h1-2,4,6,9-10,18H,3,5H2,(H,16,19)(H,20,21)/p-2/t9-,10-/m1/s1. The number of carbonyl (C=O) groups is 2. The second-order valence-electron chi connectivity index (χ2n) is 5.05. The van der Waals surface area contributed by atoms with E-state index in [1.54, 1.807) is 0 Å². The molecule has 0 aliphatic heterocycles. The Hall–Kier alpha value is -2.61. The summed E-state index contributed by atoms with van der Waals surface area (Å²) in [7, 11) is 0. The number of nitrogens with zero attached hydrogens (tertiary/aromatic N) is 1. The fourth-order valence-electron chi connectivity index (χ4n) is 2.35. The van der Waals surface area contributed by atoms with Gasteiger partial charge in [0.15, 0.2) is 0 Å². The largest absolute Gasteiger partial charge is 0.871 e. The number of nitro groups is 1.